The predicted molar refractivity (Wildman–Crippen MR) is 118 cm³/mol. The Morgan fingerprint density at radius 3 is 2.94 bits per heavy atom. The third-order valence-corrected chi connectivity index (χ3v) is 5.48. The van der Waals surface area contributed by atoms with E-state index < -0.39 is 0 Å². The van der Waals surface area contributed by atoms with Gasteiger partial charge in [0, 0.05) is 23.6 Å². The van der Waals surface area contributed by atoms with Crippen LogP contribution in [0, 0.1) is 0 Å². The van der Waals surface area contributed by atoms with Gasteiger partial charge >= 0.3 is 0 Å². The van der Waals surface area contributed by atoms with Crippen molar-refractivity contribution in [2.45, 2.75) is 25.3 Å². The van der Waals surface area contributed by atoms with Gasteiger partial charge < -0.3 is 14.5 Å². The lowest BCUT2D eigenvalue weighted by atomic mass is 10.2. The van der Waals surface area contributed by atoms with Gasteiger partial charge in [-0.05, 0) is 48.6 Å². The summed E-state index contributed by atoms with van der Waals surface area (Å²) in [6, 6.07) is 11.4. The van der Waals surface area contributed by atoms with Crippen LogP contribution < -0.4 is 10.1 Å². The number of carbonyl (C=O) groups is 1. The SMILES string of the molecule is O=C(NCCOc1cccc(Cl)c1)c1cnn(Cc2cn3cc(C4CC4)ccc3n2)c1. The fourth-order valence-electron chi connectivity index (χ4n) is 3.52. The van der Waals surface area contributed by atoms with Crippen molar-refractivity contribution in [2.24, 2.45) is 0 Å². The molecule has 0 radical (unpaired) electrons. The minimum absolute atomic E-state index is 0.190. The molecule has 1 aliphatic rings. The summed E-state index contributed by atoms with van der Waals surface area (Å²) in [7, 11) is 0. The van der Waals surface area contributed by atoms with Crippen LogP contribution in [0.1, 0.15) is 40.4 Å². The lowest BCUT2D eigenvalue weighted by Crippen LogP contribution is -2.27. The molecule has 0 spiro atoms. The first-order valence-electron chi connectivity index (χ1n) is 10.3. The maximum atomic E-state index is 12.4. The number of ether oxygens (including phenoxy) is 1. The Morgan fingerprint density at radius 1 is 1.19 bits per heavy atom. The van der Waals surface area contributed by atoms with Crippen LogP contribution in [0.15, 0.2) is 61.2 Å². The summed E-state index contributed by atoms with van der Waals surface area (Å²) in [5.41, 5.74) is 3.69. The first-order valence-corrected chi connectivity index (χ1v) is 10.7. The average molecular weight is 436 g/mol. The summed E-state index contributed by atoms with van der Waals surface area (Å²) in [6.07, 6.45) is 10.0. The Morgan fingerprint density at radius 2 is 2.10 bits per heavy atom. The molecule has 0 saturated heterocycles. The van der Waals surface area contributed by atoms with Crippen molar-refractivity contribution in [3.8, 4) is 5.75 Å². The van der Waals surface area contributed by atoms with Gasteiger partial charge in [0.2, 0.25) is 0 Å². The smallest absolute Gasteiger partial charge is 0.254 e. The number of hydrogen-bond acceptors (Lipinski definition) is 4. The Balaban J connectivity index is 1.15. The molecular formula is C23H22ClN5O2. The number of benzene rings is 1. The lowest BCUT2D eigenvalue weighted by Gasteiger charge is -2.07. The van der Waals surface area contributed by atoms with E-state index in [1.807, 2.05) is 18.3 Å². The summed E-state index contributed by atoms with van der Waals surface area (Å²) >= 11 is 5.93. The Hall–Kier alpha value is -3.32. The molecule has 0 aliphatic heterocycles. The second-order valence-corrected chi connectivity index (χ2v) is 8.16. The molecule has 1 saturated carbocycles. The highest BCUT2D eigenvalue weighted by Crippen LogP contribution is 2.39. The maximum Gasteiger partial charge on any atom is 0.254 e. The average Bonchev–Trinajstić information content (AvgIpc) is 3.38. The zero-order valence-corrected chi connectivity index (χ0v) is 17.6. The molecule has 0 bridgehead atoms. The van der Waals surface area contributed by atoms with E-state index in [-0.39, 0.29) is 5.91 Å². The quantitative estimate of drug-likeness (QED) is 0.426. The number of aromatic nitrogens is 4. The van der Waals surface area contributed by atoms with E-state index in [4.69, 9.17) is 16.3 Å². The zero-order chi connectivity index (χ0) is 21.2. The van der Waals surface area contributed by atoms with Crippen LogP contribution in [0.5, 0.6) is 5.75 Å². The summed E-state index contributed by atoms with van der Waals surface area (Å²) in [4.78, 5) is 17.0. The molecule has 158 valence electrons. The molecule has 8 heteroatoms. The molecule has 3 aromatic heterocycles. The van der Waals surface area contributed by atoms with Crippen molar-refractivity contribution in [1.82, 2.24) is 24.5 Å². The number of halogens is 1. The molecule has 7 nitrogen and oxygen atoms in total. The second kappa shape index (κ2) is 8.43. The minimum Gasteiger partial charge on any atom is -0.492 e. The third kappa shape index (κ3) is 4.72. The molecule has 0 unspecified atom stereocenters. The molecule has 1 amide bonds. The predicted octanol–water partition coefficient (Wildman–Crippen LogP) is 3.92. The van der Waals surface area contributed by atoms with Crippen molar-refractivity contribution in [3.05, 3.63) is 83.0 Å². The van der Waals surface area contributed by atoms with Crippen LogP contribution in [0.2, 0.25) is 5.02 Å². The summed E-state index contributed by atoms with van der Waals surface area (Å²) in [5, 5.41) is 7.75. The van der Waals surface area contributed by atoms with Gasteiger partial charge in [-0.2, -0.15) is 5.10 Å². The van der Waals surface area contributed by atoms with E-state index in [2.05, 4.69) is 38.1 Å². The van der Waals surface area contributed by atoms with E-state index in [9.17, 15) is 4.79 Å². The molecular weight excluding hydrogens is 414 g/mol. The van der Waals surface area contributed by atoms with Gasteiger partial charge in [-0.15, -0.1) is 0 Å². The summed E-state index contributed by atoms with van der Waals surface area (Å²) in [6.45, 7) is 1.24. The molecule has 0 atom stereocenters. The van der Waals surface area contributed by atoms with E-state index in [0.717, 1.165) is 11.3 Å². The van der Waals surface area contributed by atoms with Crippen molar-refractivity contribution in [3.63, 3.8) is 0 Å². The highest BCUT2D eigenvalue weighted by atomic mass is 35.5. The van der Waals surface area contributed by atoms with Crippen LogP contribution in [0.25, 0.3) is 5.65 Å². The molecule has 5 rings (SSSR count). The molecule has 1 aromatic carbocycles. The second-order valence-electron chi connectivity index (χ2n) is 7.72. The van der Waals surface area contributed by atoms with E-state index >= 15 is 0 Å². The van der Waals surface area contributed by atoms with Gasteiger partial charge in [0.15, 0.2) is 0 Å². The number of carbonyl (C=O) groups excluding carboxylic acids is 1. The zero-order valence-electron chi connectivity index (χ0n) is 16.9. The lowest BCUT2D eigenvalue weighted by molar-refractivity contribution is 0.0947. The first kappa shape index (κ1) is 19.6. The standard InChI is InChI=1S/C23H22ClN5O2/c24-19-2-1-3-21(10-19)31-9-8-25-23(30)18-11-26-29(13-18)15-20-14-28-12-17(16-4-5-16)6-7-22(28)27-20/h1-3,6-7,10-14,16H,4-5,8-9,15H2,(H,25,30). The maximum absolute atomic E-state index is 12.4. The van der Waals surface area contributed by atoms with Crippen molar-refractivity contribution in [1.29, 1.82) is 0 Å². The van der Waals surface area contributed by atoms with Crippen LogP contribution in [-0.4, -0.2) is 38.2 Å². The molecule has 3 heterocycles. The largest absolute Gasteiger partial charge is 0.492 e. The summed E-state index contributed by atoms with van der Waals surface area (Å²) < 4.78 is 9.38. The van der Waals surface area contributed by atoms with Gasteiger partial charge in [-0.1, -0.05) is 23.7 Å². The fourth-order valence-corrected chi connectivity index (χ4v) is 3.70. The first-order chi connectivity index (χ1) is 15.1. The number of imidazole rings is 1. The normalized spacial score (nSPS) is 13.5. The Labute approximate surface area is 184 Å². The Kier molecular flexibility index (Phi) is 5.34. The number of pyridine rings is 1. The van der Waals surface area contributed by atoms with Crippen molar-refractivity contribution < 1.29 is 9.53 Å². The molecule has 31 heavy (non-hydrogen) atoms. The minimum atomic E-state index is -0.190. The number of rotatable bonds is 8. The van der Waals surface area contributed by atoms with E-state index in [1.54, 1.807) is 29.2 Å². The van der Waals surface area contributed by atoms with Crippen LogP contribution in [0.4, 0.5) is 0 Å². The fraction of sp³-hybridized carbons (Fsp3) is 0.261. The van der Waals surface area contributed by atoms with Crippen LogP contribution in [0.3, 0.4) is 0 Å². The van der Waals surface area contributed by atoms with Crippen LogP contribution in [-0.2, 0) is 6.54 Å². The van der Waals surface area contributed by atoms with Gasteiger partial charge in [0.05, 0.1) is 30.5 Å². The van der Waals surface area contributed by atoms with E-state index in [1.165, 1.54) is 18.4 Å². The monoisotopic (exact) mass is 435 g/mol. The molecule has 1 fully saturated rings. The van der Waals surface area contributed by atoms with Crippen LogP contribution >= 0.6 is 11.6 Å². The number of nitrogens with one attached hydrogen (secondary N) is 1. The highest BCUT2D eigenvalue weighted by molar-refractivity contribution is 6.30. The number of fused-ring (bicyclic) bond motifs is 1. The number of hydrogen-bond donors (Lipinski definition) is 1. The topological polar surface area (TPSA) is 73.5 Å². The molecule has 4 aromatic rings. The molecule has 1 N–H and O–H groups in total. The van der Waals surface area contributed by atoms with E-state index in [0.29, 0.717) is 41.9 Å². The van der Waals surface area contributed by atoms with Crippen molar-refractivity contribution in [2.75, 3.05) is 13.2 Å². The Bertz CT molecular complexity index is 1230. The van der Waals surface area contributed by atoms with Gasteiger partial charge in [-0.25, -0.2) is 4.98 Å². The van der Waals surface area contributed by atoms with Gasteiger partial charge in [0.1, 0.15) is 18.0 Å². The number of nitrogens with zero attached hydrogens (tertiary/aromatic N) is 4. The highest BCUT2D eigenvalue weighted by Gasteiger charge is 2.23. The summed E-state index contributed by atoms with van der Waals surface area (Å²) in [5.74, 6) is 1.19. The van der Waals surface area contributed by atoms with Gasteiger partial charge in [-0.3, -0.25) is 9.48 Å². The van der Waals surface area contributed by atoms with Gasteiger partial charge in [0.25, 0.3) is 5.91 Å². The number of amides is 1. The van der Waals surface area contributed by atoms with Crippen molar-refractivity contribution >= 4 is 23.2 Å². The third-order valence-electron chi connectivity index (χ3n) is 5.24. The molecule has 1 aliphatic carbocycles.